The summed E-state index contributed by atoms with van der Waals surface area (Å²) in [5, 5.41) is 9.16. The summed E-state index contributed by atoms with van der Waals surface area (Å²) in [4.78, 5) is 10.7. The van der Waals surface area contributed by atoms with Crippen LogP contribution >= 0.6 is 15.9 Å². The Labute approximate surface area is 125 Å². The van der Waals surface area contributed by atoms with Crippen LogP contribution in [0.5, 0.6) is 0 Å². The SMILES string of the molecule is CCCC(C)(NS(=O)(=O)c1ccc(Br)cc1F)C(=O)O. The van der Waals surface area contributed by atoms with Crippen LogP contribution in [0.1, 0.15) is 26.7 Å². The van der Waals surface area contributed by atoms with Crippen LogP contribution in [0.4, 0.5) is 4.39 Å². The molecule has 5 nitrogen and oxygen atoms in total. The highest BCUT2D eigenvalue weighted by Gasteiger charge is 2.37. The van der Waals surface area contributed by atoms with Crippen molar-refractivity contribution in [1.82, 2.24) is 4.72 Å². The van der Waals surface area contributed by atoms with Crippen molar-refractivity contribution in [1.29, 1.82) is 0 Å². The van der Waals surface area contributed by atoms with Gasteiger partial charge in [0, 0.05) is 4.47 Å². The lowest BCUT2D eigenvalue weighted by Crippen LogP contribution is -2.52. The Morgan fingerprint density at radius 2 is 2.10 bits per heavy atom. The van der Waals surface area contributed by atoms with E-state index < -0.39 is 32.2 Å². The maximum absolute atomic E-state index is 13.7. The van der Waals surface area contributed by atoms with Gasteiger partial charge in [-0.2, -0.15) is 4.72 Å². The van der Waals surface area contributed by atoms with E-state index in [1.54, 1.807) is 6.92 Å². The molecule has 8 heteroatoms. The molecule has 0 aromatic heterocycles. The van der Waals surface area contributed by atoms with Crippen molar-refractivity contribution < 1.29 is 22.7 Å². The maximum Gasteiger partial charge on any atom is 0.324 e. The topological polar surface area (TPSA) is 83.5 Å². The summed E-state index contributed by atoms with van der Waals surface area (Å²) >= 11 is 3.02. The zero-order chi connectivity index (χ0) is 15.6. The third kappa shape index (κ3) is 3.77. The van der Waals surface area contributed by atoms with Gasteiger partial charge in [0.2, 0.25) is 10.0 Å². The Balaban J connectivity index is 3.20. The molecule has 0 saturated heterocycles. The van der Waals surface area contributed by atoms with E-state index >= 15 is 0 Å². The summed E-state index contributed by atoms with van der Waals surface area (Å²) in [6.07, 6.45) is 0.563. The molecule has 0 spiro atoms. The fourth-order valence-electron chi connectivity index (χ4n) is 1.75. The molecule has 1 unspecified atom stereocenters. The number of sulfonamides is 1. The second-order valence-electron chi connectivity index (χ2n) is 4.57. The molecule has 0 amide bonds. The van der Waals surface area contributed by atoms with Gasteiger partial charge in [-0.15, -0.1) is 0 Å². The Morgan fingerprint density at radius 3 is 2.55 bits per heavy atom. The largest absolute Gasteiger partial charge is 0.480 e. The number of benzene rings is 1. The van der Waals surface area contributed by atoms with Crippen molar-refractivity contribution in [2.24, 2.45) is 0 Å². The van der Waals surface area contributed by atoms with E-state index in [4.69, 9.17) is 5.11 Å². The summed E-state index contributed by atoms with van der Waals surface area (Å²) in [6.45, 7) is 2.99. The Bertz CT molecular complexity index is 620. The first-order valence-electron chi connectivity index (χ1n) is 5.85. The molecular weight excluding hydrogens is 353 g/mol. The highest BCUT2D eigenvalue weighted by Crippen LogP contribution is 2.22. The fourth-order valence-corrected chi connectivity index (χ4v) is 3.53. The molecule has 1 aromatic rings. The molecule has 0 heterocycles. The highest BCUT2D eigenvalue weighted by molar-refractivity contribution is 9.10. The number of hydrogen-bond acceptors (Lipinski definition) is 3. The number of nitrogens with one attached hydrogen (secondary N) is 1. The van der Waals surface area contributed by atoms with Crippen molar-refractivity contribution in [3.8, 4) is 0 Å². The molecule has 112 valence electrons. The zero-order valence-electron chi connectivity index (χ0n) is 11.0. The van der Waals surface area contributed by atoms with Gasteiger partial charge in [0.15, 0.2) is 0 Å². The lowest BCUT2D eigenvalue weighted by molar-refractivity contribution is -0.143. The maximum atomic E-state index is 13.7. The van der Waals surface area contributed by atoms with Crippen LogP contribution in [0.25, 0.3) is 0 Å². The van der Waals surface area contributed by atoms with Crippen LogP contribution in [0.2, 0.25) is 0 Å². The first-order chi connectivity index (χ1) is 9.12. The molecule has 1 atom stereocenters. The molecule has 0 aliphatic rings. The minimum Gasteiger partial charge on any atom is -0.480 e. The van der Waals surface area contributed by atoms with Crippen LogP contribution in [-0.2, 0) is 14.8 Å². The third-order valence-electron chi connectivity index (χ3n) is 2.77. The molecule has 0 fully saturated rings. The molecule has 1 aromatic carbocycles. The van der Waals surface area contributed by atoms with Gasteiger partial charge in [0.05, 0.1) is 0 Å². The minimum absolute atomic E-state index is 0.0969. The van der Waals surface area contributed by atoms with E-state index in [0.717, 1.165) is 12.1 Å². The number of carbonyl (C=O) groups is 1. The van der Waals surface area contributed by atoms with Gasteiger partial charge in [-0.3, -0.25) is 4.79 Å². The lowest BCUT2D eigenvalue weighted by Gasteiger charge is -2.25. The van der Waals surface area contributed by atoms with Crippen LogP contribution in [0.15, 0.2) is 27.6 Å². The normalized spacial score (nSPS) is 14.8. The van der Waals surface area contributed by atoms with Crippen LogP contribution in [0, 0.1) is 5.82 Å². The average molecular weight is 368 g/mol. The van der Waals surface area contributed by atoms with Crippen molar-refractivity contribution in [3.63, 3.8) is 0 Å². The van der Waals surface area contributed by atoms with E-state index in [-0.39, 0.29) is 6.42 Å². The second kappa shape index (κ2) is 6.19. The molecule has 0 radical (unpaired) electrons. The number of carboxylic acids is 1. The summed E-state index contributed by atoms with van der Waals surface area (Å²) < 4.78 is 40.4. The van der Waals surface area contributed by atoms with Crippen LogP contribution in [-0.4, -0.2) is 25.0 Å². The zero-order valence-corrected chi connectivity index (χ0v) is 13.4. The van der Waals surface area contributed by atoms with Crippen LogP contribution < -0.4 is 4.72 Å². The molecule has 20 heavy (non-hydrogen) atoms. The van der Waals surface area contributed by atoms with E-state index in [9.17, 15) is 17.6 Å². The number of hydrogen-bond donors (Lipinski definition) is 2. The number of halogens is 2. The predicted molar refractivity (Wildman–Crippen MR) is 75.4 cm³/mol. The molecule has 0 aliphatic carbocycles. The van der Waals surface area contributed by atoms with Gasteiger partial charge in [-0.25, -0.2) is 12.8 Å². The summed E-state index contributed by atoms with van der Waals surface area (Å²) in [5.74, 6) is -2.25. The Morgan fingerprint density at radius 1 is 1.50 bits per heavy atom. The van der Waals surface area contributed by atoms with Gasteiger partial charge >= 0.3 is 5.97 Å². The van der Waals surface area contributed by atoms with Gasteiger partial charge in [0.25, 0.3) is 0 Å². The molecule has 1 rings (SSSR count). The minimum atomic E-state index is -4.26. The fraction of sp³-hybridized carbons (Fsp3) is 0.417. The first-order valence-corrected chi connectivity index (χ1v) is 8.12. The lowest BCUT2D eigenvalue weighted by atomic mass is 9.98. The number of carboxylic acid groups (broad SMARTS) is 1. The first kappa shape index (κ1) is 17.1. The molecule has 2 N–H and O–H groups in total. The number of aliphatic carboxylic acids is 1. The standard InChI is InChI=1S/C12H15BrFNO4S/c1-3-6-12(2,11(16)17)15-20(18,19)10-5-4-8(13)7-9(10)14/h4-5,7,15H,3,6H2,1-2H3,(H,16,17). The van der Waals surface area contributed by atoms with E-state index in [0.29, 0.717) is 10.9 Å². The highest BCUT2D eigenvalue weighted by atomic mass is 79.9. The number of rotatable bonds is 6. The van der Waals surface area contributed by atoms with Crippen molar-refractivity contribution in [2.75, 3.05) is 0 Å². The van der Waals surface area contributed by atoms with Crippen LogP contribution in [0.3, 0.4) is 0 Å². The molecular formula is C12H15BrFNO4S. The van der Waals surface area contributed by atoms with E-state index in [2.05, 4.69) is 20.7 Å². The summed E-state index contributed by atoms with van der Waals surface area (Å²) in [6, 6.07) is 3.46. The predicted octanol–water partition coefficient (Wildman–Crippen LogP) is 2.51. The smallest absolute Gasteiger partial charge is 0.324 e. The third-order valence-corrected chi connectivity index (χ3v) is 4.89. The average Bonchev–Trinajstić information content (AvgIpc) is 2.27. The molecule has 0 bridgehead atoms. The van der Waals surface area contributed by atoms with Gasteiger partial charge in [0.1, 0.15) is 16.3 Å². The van der Waals surface area contributed by atoms with E-state index in [1.165, 1.54) is 13.0 Å². The van der Waals surface area contributed by atoms with Gasteiger partial charge in [-0.1, -0.05) is 29.3 Å². The summed E-state index contributed by atoms with van der Waals surface area (Å²) in [5.41, 5.74) is -1.67. The van der Waals surface area contributed by atoms with Gasteiger partial charge in [-0.05, 0) is 31.5 Å². The Kier molecular flexibility index (Phi) is 5.28. The molecule has 0 saturated carbocycles. The van der Waals surface area contributed by atoms with E-state index in [1.807, 2.05) is 0 Å². The molecule has 0 aliphatic heterocycles. The van der Waals surface area contributed by atoms with Crippen molar-refractivity contribution in [3.05, 3.63) is 28.5 Å². The second-order valence-corrected chi connectivity index (χ2v) is 7.13. The summed E-state index contributed by atoms with van der Waals surface area (Å²) in [7, 11) is -4.26. The monoisotopic (exact) mass is 367 g/mol. The quantitative estimate of drug-likeness (QED) is 0.808. The van der Waals surface area contributed by atoms with Gasteiger partial charge < -0.3 is 5.11 Å². The Hall–Kier alpha value is -0.990. The van der Waals surface area contributed by atoms with Crippen molar-refractivity contribution >= 4 is 31.9 Å². The van der Waals surface area contributed by atoms with Crippen molar-refractivity contribution in [2.45, 2.75) is 37.1 Å².